The Morgan fingerprint density at radius 3 is 2.09 bits per heavy atom. The Morgan fingerprint density at radius 1 is 1.36 bits per heavy atom. The molecule has 1 heterocycles. The van der Waals surface area contributed by atoms with Crippen LogP contribution in [0.4, 0.5) is 0 Å². The Labute approximate surface area is 68.4 Å². The summed E-state index contributed by atoms with van der Waals surface area (Å²) >= 11 is 0. The Bertz CT molecular complexity index is 234. The molecular weight excluding hydrogens is 136 g/mol. The lowest BCUT2D eigenvalue weighted by atomic mass is 9.90. The summed E-state index contributed by atoms with van der Waals surface area (Å²) in [6.45, 7) is 6.67. The van der Waals surface area contributed by atoms with Crippen molar-refractivity contribution < 1.29 is 4.68 Å². The summed E-state index contributed by atoms with van der Waals surface area (Å²) in [6, 6.07) is 0. The Hall–Kier alpha value is -0.790. The molecule has 0 radical (unpaired) electrons. The average molecular weight is 153 g/mol. The molecule has 1 aromatic rings. The minimum Gasteiger partial charge on any atom is -0.164 e. The Morgan fingerprint density at radius 2 is 1.91 bits per heavy atom. The van der Waals surface area contributed by atoms with Gasteiger partial charge in [0.05, 0.1) is 13.2 Å². The molecule has 0 saturated carbocycles. The van der Waals surface area contributed by atoms with Gasteiger partial charge in [-0.15, -0.1) is 4.68 Å². The molecule has 2 nitrogen and oxygen atoms in total. The molecule has 0 unspecified atom stereocenters. The van der Waals surface area contributed by atoms with E-state index in [1.165, 1.54) is 5.56 Å². The van der Waals surface area contributed by atoms with Gasteiger partial charge in [0, 0.05) is 5.56 Å². The molecule has 0 aliphatic carbocycles. The van der Waals surface area contributed by atoms with Gasteiger partial charge in [-0.1, -0.05) is 20.8 Å². The van der Waals surface area contributed by atoms with Crippen LogP contribution < -0.4 is 4.68 Å². The van der Waals surface area contributed by atoms with Crippen LogP contribution in [0.5, 0.6) is 0 Å². The number of rotatable bonds is 0. The normalized spacial score (nSPS) is 12.1. The maximum absolute atomic E-state index is 2.22. The number of hydrogen-bond donors (Lipinski definition) is 0. The lowest BCUT2D eigenvalue weighted by molar-refractivity contribution is -0.751. The fraction of sp³-hybridized carbons (Fsp3) is 0.667. The van der Waals surface area contributed by atoms with Crippen LogP contribution >= 0.6 is 0 Å². The monoisotopic (exact) mass is 153 g/mol. The summed E-state index contributed by atoms with van der Waals surface area (Å²) < 4.78 is 4.17. The van der Waals surface area contributed by atoms with Gasteiger partial charge in [-0.05, 0) is 5.41 Å². The largest absolute Gasteiger partial charge is 0.199 e. The predicted octanol–water partition coefficient (Wildman–Crippen LogP) is 1.15. The third kappa shape index (κ3) is 1.62. The van der Waals surface area contributed by atoms with Crippen LogP contribution in [0, 0.1) is 0 Å². The van der Waals surface area contributed by atoms with Crippen molar-refractivity contribution in [3.63, 3.8) is 0 Å². The highest BCUT2D eigenvalue weighted by molar-refractivity contribution is 5.12. The van der Waals surface area contributed by atoms with Crippen molar-refractivity contribution in [3.8, 4) is 0 Å². The molecule has 1 rings (SSSR count). The summed E-state index contributed by atoms with van der Waals surface area (Å²) in [5.74, 6) is 0. The first-order chi connectivity index (χ1) is 4.91. The molecule has 0 spiro atoms. The molecule has 0 atom stereocenters. The number of hydrogen-bond acceptors (Lipinski definition) is 0. The number of aromatic nitrogens is 2. The van der Waals surface area contributed by atoms with Crippen LogP contribution in [0.2, 0.25) is 0 Å². The summed E-state index contributed by atoms with van der Waals surface area (Å²) in [5, 5.41) is 0. The molecule has 0 amide bonds. The van der Waals surface area contributed by atoms with E-state index in [1.807, 2.05) is 0 Å². The highest BCUT2D eigenvalue weighted by atomic mass is 15.4. The van der Waals surface area contributed by atoms with Crippen LogP contribution in [0.25, 0.3) is 0 Å². The van der Waals surface area contributed by atoms with Gasteiger partial charge in [-0.25, -0.2) is 0 Å². The van der Waals surface area contributed by atoms with Crippen LogP contribution in [-0.4, -0.2) is 4.68 Å². The second-order valence-corrected chi connectivity index (χ2v) is 4.11. The van der Waals surface area contributed by atoms with Gasteiger partial charge in [0.1, 0.15) is 0 Å². The van der Waals surface area contributed by atoms with Gasteiger partial charge in [0.25, 0.3) is 0 Å². The zero-order valence-electron chi connectivity index (χ0n) is 8.05. The van der Waals surface area contributed by atoms with E-state index in [1.54, 1.807) is 0 Å². The zero-order valence-corrected chi connectivity index (χ0v) is 8.05. The van der Waals surface area contributed by atoms with E-state index in [0.29, 0.717) is 0 Å². The molecule has 2 heteroatoms. The fourth-order valence-corrected chi connectivity index (χ4v) is 1.01. The van der Waals surface area contributed by atoms with Crippen molar-refractivity contribution in [1.82, 2.24) is 4.68 Å². The lowest BCUT2D eigenvalue weighted by Gasteiger charge is -2.12. The smallest absolute Gasteiger partial charge is 0.164 e. The molecule has 0 aliphatic heterocycles. The third-order valence-corrected chi connectivity index (χ3v) is 2.02. The van der Waals surface area contributed by atoms with Gasteiger partial charge < -0.3 is 0 Å². The first-order valence-corrected chi connectivity index (χ1v) is 3.94. The molecule has 11 heavy (non-hydrogen) atoms. The van der Waals surface area contributed by atoms with E-state index in [2.05, 4.69) is 56.6 Å². The molecule has 1 aromatic heterocycles. The van der Waals surface area contributed by atoms with Crippen LogP contribution in [0.3, 0.4) is 0 Å². The predicted molar refractivity (Wildman–Crippen MR) is 45.3 cm³/mol. The molecule has 0 aromatic carbocycles. The quantitative estimate of drug-likeness (QED) is 0.494. The van der Waals surface area contributed by atoms with E-state index in [0.717, 1.165) is 0 Å². The Kier molecular flexibility index (Phi) is 1.78. The van der Waals surface area contributed by atoms with Gasteiger partial charge >= 0.3 is 0 Å². The van der Waals surface area contributed by atoms with E-state index in [4.69, 9.17) is 0 Å². The van der Waals surface area contributed by atoms with E-state index >= 15 is 0 Å². The van der Waals surface area contributed by atoms with Gasteiger partial charge in [-0.3, -0.25) is 0 Å². The molecule has 0 aliphatic rings. The van der Waals surface area contributed by atoms with Crippen molar-refractivity contribution in [1.29, 1.82) is 0 Å². The molecule has 0 bridgehead atoms. The Balaban J connectivity index is 3.08. The van der Waals surface area contributed by atoms with E-state index in [9.17, 15) is 0 Å². The first kappa shape index (κ1) is 8.31. The minimum atomic E-state index is 0.263. The summed E-state index contributed by atoms with van der Waals surface area (Å²) in [5.41, 5.74) is 1.64. The molecule has 0 N–H and O–H groups in total. The topological polar surface area (TPSA) is 8.81 Å². The maximum Gasteiger partial charge on any atom is 0.199 e. The summed E-state index contributed by atoms with van der Waals surface area (Å²) in [4.78, 5) is 0. The summed E-state index contributed by atoms with van der Waals surface area (Å²) in [6.07, 6.45) is 4.33. The van der Waals surface area contributed by atoms with Crippen LogP contribution in [0.1, 0.15) is 26.3 Å². The number of aryl methyl sites for hydroxylation is 2. The highest BCUT2D eigenvalue weighted by Gasteiger charge is 2.19. The van der Waals surface area contributed by atoms with Crippen molar-refractivity contribution in [2.75, 3.05) is 0 Å². The van der Waals surface area contributed by atoms with Crippen molar-refractivity contribution in [2.24, 2.45) is 14.1 Å². The molecule has 0 fully saturated rings. The second-order valence-electron chi connectivity index (χ2n) is 4.11. The molecular formula is C9H17N2+. The maximum atomic E-state index is 2.22. The standard InChI is InChI=1S/C9H17N2/c1-9(2,3)8-6-10(4)11(5)7-8/h6-7H,1-5H3/q+1. The van der Waals surface area contributed by atoms with E-state index < -0.39 is 0 Å². The highest BCUT2D eigenvalue weighted by Crippen LogP contribution is 2.19. The second kappa shape index (κ2) is 2.36. The lowest BCUT2D eigenvalue weighted by Crippen LogP contribution is -2.35. The van der Waals surface area contributed by atoms with Crippen molar-refractivity contribution >= 4 is 0 Å². The van der Waals surface area contributed by atoms with Gasteiger partial charge in [0.15, 0.2) is 13.2 Å². The van der Waals surface area contributed by atoms with Crippen LogP contribution in [-0.2, 0) is 19.5 Å². The average Bonchev–Trinajstić information content (AvgIpc) is 2.11. The molecule has 0 saturated heterocycles. The van der Waals surface area contributed by atoms with Crippen LogP contribution in [0.15, 0.2) is 12.4 Å². The number of nitrogens with zero attached hydrogens (tertiary/aromatic N) is 2. The van der Waals surface area contributed by atoms with Crippen molar-refractivity contribution in [3.05, 3.63) is 18.0 Å². The summed E-state index contributed by atoms with van der Waals surface area (Å²) in [7, 11) is 4.10. The minimum absolute atomic E-state index is 0.263. The zero-order chi connectivity index (χ0) is 8.65. The third-order valence-electron chi connectivity index (χ3n) is 2.02. The van der Waals surface area contributed by atoms with E-state index in [-0.39, 0.29) is 5.41 Å². The fourth-order valence-electron chi connectivity index (χ4n) is 1.01. The first-order valence-electron chi connectivity index (χ1n) is 3.94. The molecule has 62 valence electrons. The van der Waals surface area contributed by atoms with Gasteiger partial charge in [0.2, 0.25) is 0 Å². The van der Waals surface area contributed by atoms with Gasteiger partial charge in [-0.2, -0.15) is 4.68 Å². The SMILES string of the molecule is Cn1cc(C(C)(C)C)c[n+]1C. The van der Waals surface area contributed by atoms with Crippen molar-refractivity contribution in [2.45, 2.75) is 26.2 Å².